The lowest BCUT2D eigenvalue weighted by atomic mass is 9.96. The summed E-state index contributed by atoms with van der Waals surface area (Å²) in [5, 5.41) is 25.0. The molecule has 0 unspecified atom stereocenters. The fourth-order valence-electron chi connectivity index (χ4n) is 8.48. The van der Waals surface area contributed by atoms with Gasteiger partial charge in [0.15, 0.2) is 6.79 Å². The Morgan fingerprint density at radius 3 is 1.74 bits per heavy atom. The van der Waals surface area contributed by atoms with Crippen LogP contribution in [0.25, 0.3) is 44.2 Å². The van der Waals surface area contributed by atoms with E-state index in [2.05, 4.69) is 5.10 Å². The Bertz CT molecular complexity index is 3320. The summed E-state index contributed by atoms with van der Waals surface area (Å²) in [5.74, 6) is 0.0240. The van der Waals surface area contributed by atoms with Gasteiger partial charge in [-0.1, -0.05) is 66.7 Å². The minimum Gasteiger partial charge on any atom is -0.488 e. The second-order valence-electron chi connectivity index (χ2n) is 16.6. The number of ether oxygens (including phenoxy) is 5. The van der Waals surface area contributed by atoms with Crippen LogP contribution in [0.1, 0.15) is 44.6 Å². The van der Waals surface area contributed by atoms with E-state index in [9.17, 15) is 19.8 Å². The number of carboxylic acid groups (broad SMARTS) is 2. The summed E-state index contributed by atoms with van der Waals surface area (Å²) < 4.78 is 45.6. The highest BCUT2D eigenvalue weighted by Gasteiger charge is 2.22. The largest absolute Gasteiger partial charge is 0.488 e. The Morgan fingerprint density at radius 2 is 1.17 bits per heavy atom. The third-order valence-corrected chi connectivity index (χ3v) is 11.8. The normalized spacial score (nSPS) is 11.3. The smallest absolute Gasteiger partial charge is 0.307 e. The van der Waals surface area contributed by atoms with E-state index in [4.69, 9.17) is 44.0 Å². The predicted octanol–water partition coefficient (Wildman–Crippen LogP) is 9.71. The average molecular weight is 943 g/mol. The number of aromatic nitrogens is 2. The molecule has 6 aromatic carbocycles. The molecule has 70 heavy (non-hydrogen) atoms. The summed E-state index contributed by atoms with van der Waals surface area (Å²) in [6.45, 7) is 0.935. The van der Waals surface area contributed by atoms with Gasteiger partial charge in [-0.25, -0.2) is 0 Å². The number of fused-ring (bicyclic) bond motifs is 2. The number of nitrogens with two attached hydrogens (primary N) is 2. The molecule has 0 bridgehead atoms. The van der Waals surface area contributed by atoms with Gasteiger partial charge in [0, 0.05) is 59.7 Å². The molecule has 15 nitrogen and oxygen atoms in total. The Hall–Kier alpha value is -8.37. The van der Waals surface area contributed by atoms with Crippen LogP contribution in [-0.2, 0) is 73.7 Å². The quantitative estimate of drug-likeness (QED) is 0.0368. The minimum absolute atomic E-state index is 0.0571. The summed E-state index contributed by atoms with van der Waals surface area (Å²) in [6.07, 6.45) is 4.68. The van der Waals surface area contributed by atoms with Crippen molar-refractivity contribution in [3.05, 3.63) is 185 Å². The Balaban J connectivity index is 0.977. The van der Waals surface area contributed by atoms with Gasteiger partial charge >= 0.3 is 11.9 Å². The van der Waals surface area contributed by atoms with Crippen molar-refractivity contribution in [2.75, 3.05) is 6.79 Å². The van der Waals surface area contributed by atoms with Crippen molar-refractivity contribution in [1.82, 2.24) is 9.78 Å². The van der Waals surface area contributed by atoms with Gasteiger partial charge in [0.2, 0.25) is 0 Å². The fraction of sp³-hybridized carbons (Fsp3) is 0.182. The van der Waals surface area contributed by atoms with Gasteiger partial charge in [-0.3, -0.25) is 14.3 Å². The summed E-state index contributed by atoms with van der Waals surface area (Å²) in [7, 11) is 1.84. The molecule has 0 radical (unpaired) electrons. The topological polar surface area (TPSA) is 217 Å². The molecule has 356 valence electrons. The number of hydrogen-bond acceptors (Lipinski definition) is 12. The molecule has 15 heteroatoms. The van der Waals surface area contributed by atoms with E-state index >= 15 is 0 Å². The lowest BCUT2D eigenvalue weighted by molar-refractivity contribution is -0.137. The molecule has 0 saturated carbocycles. The van der Waals surface area contributed by atoms with E-state index in [1.54, 1.807) is 65.7 Å². The van der Waals surface area contributed by atoms with Crippen LogP contribution in [0.15, 0.2) is 149 Å². The van der Waals surface area contributed by atoms with Gasteiger partial charge < -0.3 is 54.2 Å². The van der Waals surface area contributed by atoms with Crippen LogP contribution in [0.5, 0.6) is 23.0 Å². The molecule has 0 spiro atoms. The first-order chi connectivity index (χ1) is 34.1. The highest BCUT2D eigenvalue weighted by atomic mass is 16.7. The molecular weight excluding hydrogens is 893 g/mol. The lowest BCUT2D eigenvalue weighted by Gasteiger charge is -2.18. The van der Waals surface area contributed by atoms with Crippen molar-refractivity contribution in [1.29, 1.82) is 0 Å². The van der Waals surface area contributed by atoms with E-state index in [1.807, 2.05) is 86.0 Å². The molecule has 0 fully saturated rings. The lowest BCUT2D eigenvalue weighted by Crippen LogP contribution is -2.09. The van der Waals surface area contributed by atoms with Crippen molar-refractivity contribution >= 4 is 33.9 Å². The highest BCUT2D eigenvalue weighted by Crippen LogP contribution is 2.42. The zero-order valence-electron chi connectivity index (χ0n) is 38.3. The first-order valence-electron chi connectivity index (χ1n) is 22.5. The van der Waals surface area contributed by atoms with Gasteiger partial charge in [-0.2, -0.15) is 5.10 Å². The molecule has 0 aliphatic carbocycles. The Morgan fingerprint density at radius 1 is 0.571 bits per heavy atom. The second kappa shape index (κ2) is 21.3. The number of furan rings is 2. The van der Waals surface area contributed by atoms with E-state index < -0.39 is 11.9 Å². The maximum atomic E-state index is 11.7. The number of nitrogens with zero attached hydrogens (tertiary/aromatic N) is 2. The number of hydrogen-bond donors (Lipinski definition) is 4. The Kier molecular flexibility index (Phi) is 14.2. The number of aryl methyl sites for hydroxylation is 1. The van der Waals surface area contributed by atoms with Crippen molar-refractivity contribution in [3.8, 4) is 45.3 Å². The summed E-state index contributed by atoms with van der Waals surface area (Å²) >= 11 is 0. The maximum absolute atomic E-state index is 11.7. The first kappa shape index (κ1) is 46.7. The van der Waals surface area contributed by atoms with Gasteiger partial charge in [-0.05, 0) is 82.4 Å². The third kappa shape index (κ3) is 10.5. The minimum atomic E-state index is -0.965. The van der Waals surface area contributed by atoms with E-state index in [0.29, 0.717) is 68.3 Å². The maximum Gasteiger partial charge on any atom is 0.307 e. The van der Waals surface area contributed by atoms with Gasteiger partial charge in [0.05, 0.1) is 48.4 Å². The summed E-state index contributed by atoms with van der Waals surface area (Å²) in [4.78, 5) is 23.3. The molecular formula is C55H50N4O11. The van der Waals surface area contributed by atoms with Crippen LogP contribution < -0.4 is 30.4 Å². The van der Waals surface area contributed by atoms with Crippen LogP contribution >= 0.6 is 0 Å². The van der Waals surface area contributed by atoms with Crippen LogP contribution in [-0.4, -0.2) is 38.7 Å². The summed E-state index contributed by atoms with van der Waals surface area (Å²) in [5.41, 5.74) is 22.8. The van der Waals surface area contributed by atoms with Crippen molar-refractivity contribution in [3.63, 3.8) is 0 Å². The van der Waals surface area contributed by atoms with Crippen molar-refractivity contribution in [2.45, 2.75) is 52.4 Å². The number of carboxylic acids is 2. The number of rotatable bonds is 22. The van der Waals surface area contributed by atoms with Crippen molar-refractivity contribution in [2.24, 2.45) is 18.5 Å². The number of benzene rings is 6. The van der Waals surface area contributed by atoms with Crippen LogP contribution in [0, 0.1) is 0 Å². The van der Waals surface area contributed by atoms with E-state index in [-0.39, 0.29) is 52.6 Å². The van der Waals surface area contributed by atoms with E-state index in [1.165, 1.54) is 0 Å². The zero-order valence-corrected chi connectivity index (χ0v) is 38.3. The van der Waals surface area contributed by atoms with Crippen LogP contribution in [0.2, 0.25) is 0 Å². The van der Waals surface area contributed by atoms with Gasteiger partial charge in [0.25, 0.3) is 0 Å². The van der Waals surface area contributed by atoms with Crippen LogP contribution in [0.3, 0.4) is 0 Å². The Labute approximate surface area is 402 Å². The zero-order chi connectivity index (χ0) is 48.6. The molecule has 9 aromatic rings. The molecule has 0 aliphatic heterocycles. The molecule has 0 aliphatic rings. The highest BCUT2D eigenvalue weighted by molar-refractivity contribution is 5.98. The van der Waals surface area contributed by atoms with Gasteiger partial charge in [-0.15, -0.1) is 0 Å². The monoisotopic (exact) mass is 942 g/mol. The molecule has 9 rings (SSSR count). The van der Waals surface area contributed by atoms with Crippen molar-refractivity contribution < 1.29 is 52.3 Å². The van der Waals surface area contributed by atoms with Gasteiger partial charge in [0.1, 0.15) is 54.0 Å². The number of aliphatic carboxylic acids is 2. The average Bonchev–Trinajstić information content (AvgIpc) is 4.16. The second-order valence-corrected chi connectivity index (χ2v) is 16.6. The van der Waals surface area contributed by atoms with E-state index in [0.717, 1.165) is 50.0 Å². The third-order valence-electron chi connectivity index (χ3n) is 11.8. The molecule has 0 atom stereocenters. The molecule has 3 heterocycles. The summed E-state index contributed by atoms with van der Waals surface area (Å²) in [6, 6.07) is 37.4. The standard InChI is InChI=1S/C55H50N4O11/c1-59-18-15-43(58-59)32-69-52-41(30-67-48-11-4-2-8-37(48)25-50(60)61)23-47(54-44(52)16-19-65-54)36-13-14-39(40(22-36)28-57)29-64-33-70-53-42(31-68-49-12-5-3-9-38(49)26-51(62)63)24-46(55-45(53)17-20-66-55)35-10-6-7-34(21-35)27-56/h2-24H,25-33,56-57H2,1H3,(H,60,61)(H,62,63). The molecule has 0 saturated heterocycles. The molecule has 0 amide bonds. The fourth-order valence-corrected chi connectivity index (χ4v) is 8.48. The van der Waals surface area contributed by atoms with Crippen LogP contribution in [0.4, 0.5) is 0 Å². The number of para-hydroxylation sites is 2. The number of carbonyl (C=O) groups is 2. The molecule has 3 aromatic heterocycles. The predicted molar refractivity (Wildman–Crippen MR) is 261 cm³/mol. The molecule has 6 N–H and O–H groups in total. The SMILES string of the molecule is Cn1ccc(COc2c(COc3ccccc3CC(=O)O)cc(-c3ccc(COCOc4c(COc5ccccc5CC(=O)O)cc(-c5cccc(CN)c5)c5occc45)c(CN)c3)c3occc23)n1. The first-order valence-corrected chi connectivity index (χ1v) is 22.5.